The van der Waals surface area contributed by atoms with Gasteiger partial charge in [-0.05, 0) is 30.2 Å². The van der Waals surface area contributed by atoms with E-state index in [1.54, 1.807) is 12.1 Å². The van der Waals surface area contributed by atoms with Crippen LogP contribution in [0.25, 0.3) is 0 Å². The van der Waals surface area contributed by atoms with Gasteiger partial charge in [-0.15, -0.1) is 0 Å². The number of carbonyl (C=O) groups is 2. The number of benzene rings is 2. The van der Waals surface area contributed by atoms with Crippen molar-refractivity contribution in [2.24, 2.45) is 0 Å². The lowest BCUT2D eigenvalue weighted by Crippen LogP contribution is -2.22. The van der Waals surface area contributed by atoms with Crippen LogP contribution in [0, 0.1) is 11.6 Å². The molecule has 120 valence electrons. The van der Waals surface area contributed by atoms with Crippen LogP contribution in [0.15, 0.2) is 42.5 Å². The van der Waals surface area contributed by atoms with Crippen molar-refractivity contribution in [1.82, 2.24) is 0 Å². The van der Waals surface area contributed by atoms with E-state index in [2.05, 4.69) is 5.32 Å². The predicted octanol–water partition coefficient (Wildman–Crippen LogP) is 3.32. The molecule has 0 atom stereocenters. The molecular formula is C17H15F2NO3. The van der Waals surface area contributed by atoms with E-state index in [-0.39, 0.29) is 0 Å². The lowest BCUT2D eigenvalue weighted by Gasteiger charge is -2.10. The summed E-state index contributed by atoms with van der Waals surface area (Å²) in [5, 5.41) is 2.62. The van der Waals surface area contributed by atoms with Crippen molar-refractivity contribution in [3.8, 4) is 0 Å². The summed E-state index contributed by atoms with van der Waals surface area (Å²) in [5.41, 5.74) is 1.15. The normalized spacial score (nSPS) is 10.2. The van der Waals surface area contributed by atoms with Gasteiger partial charge in [0.1, 0.15) is 11.6 Å². The van der Waals surface area contributed by atoms with Crippen molar-refractivity contribution in [2.75, 3.05) is 11.9 Å². The fourth-order valence-corrected chi connectivity index (χ4v) is 2.00. The topological polar surface area (TPSA) is 55.4 Å². The van der Waals surface area contributed by atoms with E-state index in [4.69, 9.17) is 4.74 Å². The van der Waals surface area contributed by atoms with Gasteiger partial charge in [-0.1, -0.05) is 25.1 Å². The van der Waals surface area contributed by atoms with Gasteiger partial charge in [0.05, 0.1) is 5.56 Å². The Bertz CT molecular complexity index is 732. The van der Waals surface area contributed by atoms with Gasteiger partial charge >= 0.3 is 5.97 Å². The van der Waals surface area contributed by atoms with Crippen LogP contribution in [0.4, 0.5) is 14.5 Å². The number of esters is 1. The van der Waals surface area contributed by atoms with Crippen LogP contribution in [-0.4, -0.2) is 18.5 Å². The zero-order valence-electron chi connectivity index (χ0n) is 12.4. The largest absolute Gasteiger partial charge is 0.452 e. The van der Waals surface area contributed by atoms with Gasteiger partial charge in [-0.25, -0.2) is 13.6 Å². The molecular weight excluding hydrogens is 304 g/mol. The molecule has 4 nitrogen and oxygen atoms in total. The van der Waals surface area contributed by atoms with Crippen LogP contribution in [-0.2, 0) is 16.0 Å². The summed E-state index contributed by atoms with van der Waals surface area (Å²) in [6, 6.07) is 9.72. The summed E-state index contributed by atoms with van der Waals surface area (Å²) in [6.07, 6.45) is 0.733. The smallest absolute Gasteiger partial charge is 0.341 e. The monoisotopic (exact) mass is 319 g/mol. The molecule has 0 radical (unpaired) electrons. The van der Waals surface area contributed by atoms with E-state index in [0.29, 0.717) is 11.8 Å². The fourth-order valence-electron chi connectivity index (χ4n) is 2.00. The molecule has 2 aromatic carbocycles. The van der Waals surface area contributed by atoms with E-state index in [9.17, 15) is 18.4 Å². The van der Waals surface area contributed by atoms with Gasteiger partial charge in [0.25, 0.3) is 5.91 Å². The summed E-state index contributed by atoms with van der Waals surface area (Å²) in [7, 11) is 0. The van der Waals surface area contributed by atoms with Crippen LogP contribution in [0.5, 0.6) is 0 Å². The molecule has 0 aliphatic rings. The molecule has 0 heterocycles. The van der Waals surface area contributed by atoms with Gasteiger partial charge in [-0.2, -0.15) is 0 Å². The Morgan fingerprint density at radius 1 is 1.13 bits per heavy atom. The Balaban J connectivity index is 1.95. The predicted molar refractivity (Wildman–Crippen MR) is 81.1 cm³/mol. The third-order valence-electron chi connectivity index (χ3n) is 3.16. The SMILES string of the molecule is CCc1ccccc1NC(=O)COC(=O)c1ccc(F)cc1F. The average Bonchev–Trinajstić information content (AvgIpc) is 2.53. The molecule has 1 amide bonds. The van der Waals surface area contributed by atoms with E-state index in [1.807, 2.05) is 19.1 Å². The summed E-state index contributed by atoms with van der Waals surface area (Å²) < 4.78 is 31.0. The number of amides is 1. The number of hydrogen-bond donors (Lipinski definition) is 1. The molecule has 0 unspecified atom stereocenters. The Morgan fingerprint density at radius 3 is 2.57 bits per heavy atom. The first-order chi connectivity index (χ1) is 11.0. The summed E-state index contributed by atoms with van der Waals surface area (Å²) in [6.45, 7) is 1.38. The molecule has 0 spiro atoms. The third kappa shape index (κ3) is 4.35. The number of carbonyl (C=O) groups excluding carboxylic acids is 2. The molecule has 0 aliphatic carbocycles. The molecule has 2 rings (SSSR count). The highest BCUT2D eigenvalue weighted by molar-refractivity contribution is 5.96. The highest BCUT2D eigenvalue weighted by atomic mass is 19.1. The van der Waals surface area contributed by atoms with Crippen molar-refractivity contribution in [3.63, 3.8) is 0 Å². The van der Waals surface area contributed by atoms with E-state index in [0.717, 1.165) is 24.1 Å². The summed E-state index contributed by atoms with van der Waals surface area (Å²) in [5.74, 6) is -3.40. The maximum Gasteiger partial charge on any atom is 0.341 e. The number of rotatable bonds is 5. The van der Waals surface area contributed by atoms with E-state index in [1.165, 1.54) is 0 Å². The molecule has 0 saturated carbocycles. The highest BCUT2D eigenvalue weighted by Crippen LogP contribution is 2.15. The van der Waals surface area contributed by atoms with Gasteiger partial charge in [0, 0.05) is 11.8 Å². The lowest BCUT2D eigenvalue weighted by atomic mass is 10.1. The lowest BCUT2D eigenvalue weighted by molar-refractivity contribution is -0.119. The Hall–Kier alpha value is -2.76. The van der Waals surface area contributed by atoms with Crippen LogP contribution >= 0.6 is 0 Å². The van der Waals surface area contributed by atoms with Crippen molar-refractivity contribution in [2.45, 2.75) is 13.3 Å². The Labute approximate surface area is 132 Å². The first kappa shape index (κ1) is 16.6. The number of anilines is 1. The zero-order chi connectivity index (χ0) is 16.8. The third-order valence-corrected chi connectivity index (χ3v) is 3.16. The number of aryl methyl sites for hydroxylation is 1. The number of nitrogens with one attached hydrogen (secondary N) is 1. The number of hydrogen-bond acceptors (Lipinski definition) is 3. The van der Waals surface area contributed by atoms with Crippen molar-refractivity contribution < 1.29 is 23.1 Å². The quantitative estimate of drug-likeness (QED) is 0.860. The minimum absolute atomic E-state index is 0.423. The second-order valence-electron chi connectivity index (χ2n) is 4.76. The Morgan fingerprint density at radius 2 is 1.87 bits per heavy atom. The maximum absolute atomic E-state index is 13.4. The number of ether oxygens (including phenoxy) is 1. The highest BCUT2D eigenvalue weighted by Gasteiger charge is 2.15. The summed E-state index contributed by atoms with van der Waals surface area (Å²) >= 11 is 0. The molecule has 0 aliphatic heterocycles. The molecule has 0 aromatic heterocycles. The first-order valence-electron chi connectivity index (χ1n) is 7.01. The number of para-hydroxylation sites is 1. The van der Waals surface area contributed by atoms with Crippen LogP contribution in [0.2, 0.25) is 0 Å². The van der Waals surface area contributed by atoms with Crippen molar-refractivity contribution in [1.29, 1.82) is 0 Å². The van der Waals surface area contributed by atoms with Crippen LogP contribution in [0.3, 0.4) is 0 Å². The van der Waals surface area contributed by atoms with Gasteiger partial charge in [0.15, 0.2) is 6.61 Å². The second-order valence-corrected chi connectivity index (χ2v) is 4.76. The minimum Gasteiger partial charge on any atom is -0.452 e. The maximum atomic E-state index is 13.4. The molecule has 1 N–H and O–H groups in total. The molecule has 0 fully saturated rings. The van der Waals surface area contributed by atoms with Crippen LogP contribution < -0.4 is 5.32 Å². The Kier molecular flexibility index (Phi) is 5.41. The van der Waals surface area contributed by atoms with Crippen molar-refractivity contribution in [3.05, 3.63) is 65.2 Å². The van der Waals surface area contributed by atoms with Gasteiger partial charge in [0.2, 0.25) is 0 Å². The first-order valence-corrected chi connectivity index (χ1v) is 7.01. The molecule has 23 heavy (non-hydrogen) atoms. The number of halogens is 2. The molecule has 0 bridgehead atoms. The van der Waals surface area contributed by atoms with Gasteiger partial charge < -0.3 is 10.1 Å². The molecule has 2 aromatic rings. The van der Waals surface area contributed by atoms with Gasteiger partial charge in [-0.3, -0.25) is 4.79 Å². The minimum atomic E-state index is -1.04. The second kappa shape index (κ2) is 7.49. The van der Waals surface area contributed by atoms with Crippen LogP contribution in [0.1, 0.15) is 22.8 Å². The molecule has 0 saturated heterocycles. The average molecular weight is 319 g/mol. The zero-order valence-corrected chi connectivity index (χ0v) is 12.4. The summed E-state index contributed by atoms with van der Waals surface area (Å²) in [4.78, 5) is 23.5. The van der Waals surface area contributed by atoms with E-state index >= 15 is 0 Å². The van der Waals surface area contributed by atoms with E-state index < -0.39 is 35.7 Å². The standard InChI is InChI=1S/C17H15F2NO3/c1-2-11-5-3-4-6-15(11)20-16(21)10-23-17(22)13-8-7-12(18)9-14(13)19/h3-9H,2,10H2,1H3,(H,20,21). The van der Waals surface area contributed by atoms with Crippen molar-refractivity contribution >= 4 is 17.6 Å². The fraction of sp³-hybridized carbons (Fsp3) is 0.176. The molecule has 6 heteroatoms.